The minimum atomic E-state index is -0.0858. The molecule has 1 aliphatic heterocycles. The maximum Gasteiger partial charge on any atom is 0.289 e. The highest BCUT2D eigenvalue weighted by molar-refractivity contribution is 5.91. The number of piperidine rings is 1. The lowest BCUT2D eigenvalue weighted by Crippen LogP contribution is -2.44. The van der Waals surface area contributed by atoms with Crippen LogP contribution in [0, 0.1) is 11.8 Å². The molecule has 0 bridgehead atoms. The molecule has 6 nitrogen and oxygen atoms in total. The summed E-state index contributed by atoms with van der Waals surface area (Å²) in [6.07, 6.45) is 6.28. The molecule has 2 aliphatic carbocycles. The van der Waals surface area contributed by atoms with Crippen LogP contribution in [-0.4, -0.2) is 40.7 Å². The number of nitrogens with zero attached hydrogens (tertiary/aromatic N) is 2. The first-order valence-corrected chi connectivity index (χ1v) is 10.8. The zero-order valence-electron chi connectivity index (χ0n) is 16.9. The van der Waals surface area contributed by atoms with Crippen LogP contribution in [0.4, 0.5) is 0 Å². The number of carbonyl (C=O) groups excluding carboxylic acids is 2. The van der Waals surface area contributed by atoms with Gasteiger partial charge in [-0.15, -0.1) is 0 Å². The van der Waals surface area contributed by atoms with Gasteiger partial charge in [0.25, 0.3) is 5.91 Å². The first-order chi connectivity index (χ1) is 14.1. The standard InChI is InChI=1S/C23H28N2O4/c1-15-13-19(15)20-7-6-18(29-20)14-25(17-4-5-17)22(26)16-8-10-24(11-9-16)23(27)21-3-2-12-28-21/h2-3,6-7,12,15-17,19H,4-5,8-11,13-14H2,1H3. The molecule has 2 atom stereocenters. The molecule has 3 aliphatic rings. The lowest BCUT2D eigenvalue weighted by molar-refractivity contribution is -0.138. The van der Waals surface area contributed by atoms with Crippen molar-refractivity contribution in [2.75, 3.05) is 13.1 Å². The van der Waals surface area contributed by atoms with Gasteiger partial charge in [-0.25, -0.2) is 0 Å². The molecular formula is C23H28N2O4. The Morgan fingerprint density at radius 3 is 2.52 bits per heavy atom. The van der Waals surface area contributed by atoms with Crippen molar-refractivity contribution >= 4 is 11.8 Å². The maximum atomic E-state index is 13.3. The Balaban J connectivity index is 1.19. The van der Waals surface area contributed by atoms with E-state index >= 15 is 0 Å². The van der Waals surface area contributed by atoms with Crippen LogP contribution >= 0.6 is 0 Å². The summed E-state index contributed by atoms with van der Waals surface area (Å²) >= 11 is 0. The SMILES string of the molecule is CC1CC1c1ccc(CN(C(=O)C2CCN(C(=O)c3ccco3)CC2)C2CC2)o1. The van der Waals surface area contributed by atoms with Gasteiger partial charge in [0.1, 0.15) is 11.5 Å². The topological polar surface area (TPSA) is 66.9 Å². The fourth-order valence-corrected chi connectivity index (χ4v) is 4.46. The van der Waals surface area contributed by atoms with Gasteiger partial charge in [-0.3, -0.25) is 9.59 Å². The highest BCUT2D eigenvalue weighted by Gasteiger charge is 2.39. The highest BCUT2D eigenvalue weighted by atomic mass is 16.3. The Bertz CT molecular complexity index is 875. The first-order valence-electron chi connectivity index (χ1n) is 10.8. The third-order valence-corrected chi connectivity index (χ3v) is 6.62. The largest absolute Gasteiger partial charge is 0.464 e. The molecule has 3 heterocycles. The average molecular weight is 396 g/mol. The van der Waals surface area contributed by atoms with Gasteiger partial charge in [-0.2, -0.15) is 0 Å². The minimum absolute atomic E-state index is 0.0193. The summed E-state index contributed by atoms with van der Waals surface area (Å²) in [6.45, 7) is 4.00. The monoisotopic (exact) mass is 396 g/mol. The quantitative estimate of drug-likeness (QED) is 0.739. The summed E-state index contributed by atoms with van der Waals surface area (Å²) in [7, 11) is 0. The molecule has 2 amide bonds. The van der Waals surface area contributed by atoms with Crippen LogP contribution in [0.15, 0.2) is 39.4 Å². The van der Waals surface area contributed by atoms with E-state index in [9.17, 15) is 9.59 Å². The second kappa shape index (κ2) is 7.39. The number of carbonyl (C=O) groups is 2. The molecule has 29 heavy (non-hydrogen) atoms. The summed E-state index contributed by atoms with van der Waals surface area (Å²) in [6, 6.07) is 7.87. The van der Waals surface area contributed by atoms with E-state index in [1.54, 1.807) is 17.0 Å². The van der Waals surface area contributed by atoms with Crippen LogP contribution in [0.25, 0.3) is 0 Å². The molecule has 2 unspecified atom stereocenters. The number of likely N-dealkylation sites (tertiary alicyclic amines) is 1. The van der Waals surface area contributed by atoms with Crippen molar-refractivity contribution in [2.24, 2.45) is 11.8 Å². The smallest absolute Gasteiger partial charge is 0.289 e. The van der Waals surface area contributed by atoms with Crippen molar-refractivity contribution in [3.05, 3.63) is 47.8 Å². The van der Waals surface area contributed by atoms with E-state index in [0.29, 0.717) is 56.1 Å². The number of hydrogen-bond acceptors (Lipinski definition) is 4. The van der Waals surface area contributed by atoms with Crippen LogP contribution in [0.1, 0.15) is 67.0 Å². The third-order valence-electron chi connectivity index (χ3n) is 6.62. The Labute approximate surface area is 170 Å². The van der Waals surface area contributed by atoms with Crippen molar-refractivity contribution in [1.29, 1.82) is 0 Å². The molecule has 0 radical (unpaired) electrons. The third kappa shape index (κ3) is 3.85. The van der Waals surface area contributed by atoms with Gasteiger partial charge in [0.05, 0.1) is 12.8 Å². The predicted molar refractivity (Wildman–Crippen MR) is 106 cm³/mol. The van der Waals surface area contributed by atoms with Crippen molar-refractivity contribution < 1.29 is 18.4 Å². The molecule has 2 saturated carbocycles. The fourth-order valence-electron chi connectivity index (χ4n) is 4.46. The van der Waals surface area contributed by atoms with Crippen LogP contribution < -0.4 is 0 Å². The fraction of sp³-hybridized carbons (Fsp3) is 0.565. The normalized spacial score (nSPS) is 24.5. The maximum absolute atomic E-state index is 13.3. The summed E-state index contributed by atoms with van der Waals surface area (Å²) < 4.78 is 11.3. The lowest BCUT2D eigenvalue weighted by atomic mass is 9.95. The molecule has 0 aromatic carbocycles. The number of furan rings is 2. The Kier molecular flexibility index (Phi) is 4.72. The van der Waals surface area contributed by atoms with Crippen molar-refractivity contribution in [2.45, 2.75) is 57.5 Å². The van der Waals surface area contributed by atoms with Gasteiger partial charge in [0, 0.05) is 31.0 Å². The molecule has 6 heteroatoms. The highest BCUT2D eigenvalue weighted by Crippen LogP contribution is 2.47. The Morgan fingerprint density at radius 2 is 1.90 bits per heavy atom. The van der Waals surface area contributed by atoms with E-state index in [2.05, 4.69) is 13.0 Å². The minimum Gasteiger partial charge on any atom is -0.464 e. The zero-order chi connectivity index (χ0) is 20.0. The summed E-state index contributed by atoms with van der Waals surface area (Å²) in [5, 5.41) is 0. The molecule has 154 valence electrons. The van der Waals surface area contributed by atoms with E-state index < -0.39 is 0 Å². The van der Waals surface area contributed by atoms with E-state index in [1.165, 1.54) is 12.7 Å². The number of rotatable bonds is 6. The van der Waals surface area contributed by atoms with Gasteiger partial charge < -0.3 is 18.6 Å². The molecular weight excluding hydrogens is 368 g/mol. The Hall–Kier alpha value is -2.50. The van der Waals surface area contributed by atoms with Gasteiger partial charge in [-0.1, -0.05) is 6.92 Å². The molecule has 3 fully saturated rings. The average Bonchev–Trinajstić information content (AvgIpc) is 3.59. The van der Waals surface area contributed by atoms with Gasteiger partial charge in [0.2, 0.25) is 5.91 Å². The molecule has 2 aromatic rings. The second-order valence-corrected chi connectivity index (χ2v) is 8.86. The zero-order valence-corrected chi connectivity index (χ0v) is 16.9. The van der Waals surface area contributed by atoms with Crippen LogP contribution in [0.2, 0.25) is 0 Å². The predicted octanol–water partition coefficient (Wildman–Crippen LogP) is 4.04. The van der Waals surface area contributed by atoms with Crippen molar-refractivity contribution in [1.82, 2.24) is 9.80 Å². The van der Waals surface area contributed by atoms with E-state index in [4.69, 9.17) is 8.83 Å². The second-order valence-electron chi connectivity index (χ2n) is 8.86. The van der Waals surface area contributed by atoms with E-state index in [0.717, 1.165) is 24.4 Å². The first kappa shape index (κ1) is 18.5. The lowest BCUT2D eigenvalue weighted by Gasteiger charge is -2.33. The number of hydrogen-bond donors (Lipinski definition) is 0. The van der Waals surface area contributed by atoms with E-state index in [-0.39, 0.29) is 17.7 Å². The summed E-state index contributed by atoms with van der Waals surface area (Å²) in [5.41, 5.74) is 0. The summed E-state index contributed by atoms with van der Waals surface area (Å²) in [5.74, 6) is 3.72. The van der Waals surface area contributed by atoms with Crippen LogP contribution in [0.3, 0.4) is 0 Å². The van der Waals surface area contributed by atoms with Gasteiger partial charge in [0.15, 0.2) is 5.76 Å². The van der Waals surface area contributed by atoms with Crippen molar-refractivity contribution in [3.63, 3.8) is 0 Å². The molecule has 0 N–H and O–H groups in total. The van der Waals surface area contributed by atoms with Gasteiger partial charge in [-0.05, 0) is 62.3 Å². The summed E-state index contributed by atoms with van der Waals surface area (Å²) in [4.78, 5) is 29.5. The van der Waals surface area contributed by atoms with Crippen LogP contribution in [-0.2, 0) is 11.3 Å². The molecule has 5 rings (SSSR count). The molecule has 2 aromatic heterocycles. The Morgan fingerprint density at radius 1 is 1.14 bits per heavy atom. The van der Waals surface area contributed by atoms with Gasteiger partial charge >= 0.3 is 0 Å². The molecule has 1 saturated heterocycles. The number of amides is 2. The molecule has 0 spiro atoms. The van der Waals surface area contributed by atoms with Crippen LogP contribution in [0.5, 0.6) is 0 Å². The van der Waals surface area contributed by atoms with E-state index in [1.807, 2.05) is 11.0 Å². The van der Waals surface area contributed by atoms with Crippen molar-refractivity contribution in [3.8, 4) is 0 Å².